The monoisotopic (exact) mass is 245 g/mol. The highest BCUT2D eigenvalue weighted by molar-refractivity contribution is 5.41. The van der Waals surface area contributed by atoms with Crippen LogP contribution in [0.3, 0.4) is 0 Å². The lowest BCUT2D eigenvalue weighted by molar-refractivity contribution is -0.00762. The van der Waals surface area contributed by atoms with E-state index in [1.165, 1.54) is 0 Å². The zero-order chi connectivity index (χ0) is 13.0. The van der Waals surface area contributed by atoms with Gasteiger partial charge in [-0.25, -0.2) is 0 Å². The molecule has 3 heteroatoms. The van der Waals surface area contributed by atoms with Crippen LogP contribution in [0.4, 0.5) is 0 Å². The summed E-state index contributed by atoms with van der Waals surface area (Å²) in [5.74, 6) is 0.178. The average Bonchev–Trinajstić information content (AvgIpc) is 2.40. The zero-order valence-corrected chi connectivity index (χ0v) is 10.7. The third kappa shape index (κ3) is 2.34. The number of aliphatic hydroxyl groups is 1. The summed E-state index contributed by atoms with van der Waals surface area (Å²) >= 11 is 0. The molecule has 0 amide bonds. The smallest absolute Gasteiger partial charge is 0.123 e. The minimum atomic E-state index is -0.901. The molecule has 96 valence electrons. The Balaban J connectivity index is 2.36. The second kappa shape index (κ2) is 5.41. The van der Waals surface area contributed by atoms with E-state index in [1.54, 1.807) is 7.11 Å². The molecule has 0 aromatic heterocycles. The maximum absolute atomic E-state index is 10.7. The molecule has 1 aromatic carbocycles. The molecule has 1 fully saturated rings. The van der Waals surface area contributed by atoms with Gasteiger partial charge in [-0.15, -0.1) is 0 Å². The van der Waals surface area contributed by atoms with E-state index in [1.807, 2.05) is 24.3 Å². The topological polar surface area (TPSA) is 53.2 Å². The second-order valence-electron chi connectivity index (χ2n) is 4.97. The lowest BCUT2D eigenvalue weighted by Gasteiger charge is -2.36. The molecule has 1 aliphatic carbocycles. The van der Waals surface area contributed by atoms with E-state index in [2.05, 4.69) is 6.07 Å². The first-order valence-electron chi connectivity index (χ1n) is 6.46. The van der Waals surface area contributed by atoms with Crippen LogP contribution in [-0.2, 0) is 0 Å². The van der Waals surface area contributed by atoms with Crippen molar-refractivity contribution in [2.24, 2.45) is 0 Å². The molecule has 0 heterocycles. The summed E-state index contributed by atoms with van der Waals surface area (Å²) < 4.78 is 5.30. The summed E-state index contributed by atoms with van der Waals surface area (Å²) in [5, 5.41) is 20.2. The van der Waals surface area contributed by atoms with Crippen molar-refractivity contribution in [2.75, 3.05) is 7.11 Å². The van der Waals surface area contributed by atoms with Crippen molar-refractivity contribution >= 4 is 0 Å². The number of nitrogens with zero attached hydrogens (tertiary/aromatic N) is 1. The number of hydrogen-bond acceptors (Lipinski definition) is 3. The summed E-state index contributed by atoms with van der Waals surface area (Å²) in [4.78, 5) is 0. The molecular weight excluding hydrogens is 226 g/mol. The maximum atomic E-state index is 10.7. The van der Waals surface area contributed by atoms with Gasteiger partial charge < -0.3 is 9.84 Å². The fourth-order valence-electron chi connectivity index (χ4n) is 2.84. The van der Waals surface area contributed by atoms with E-state index in [0.29, 0.717) is 18.6 Å². The van der Waals surface area contributed by atoms with Gasteiger partial charge in [0.15, 0.2) is 0 Å². The SMILES string of the molecule is COc1ccccc1C(C#N)C1(O)CCCCC1. The number of methoxy groups -OCH3 is 1. The van der Waals surface area contributed by atoms with Crippen molar-refractivity contribution in [2.45, 2.75) is 43.6 Å². The summed E-state index contributed by atoms with van der Waals surface area (Å²) in [5.41, 5.74) is -0.103. The van der Waals surface area contributed by atoms with Crippen molar-refractivity contribution in [3.63, 3.8) is 0 Å². The highest BCUT2D eigenvalue weighted by atomic mass is 16.5. The lowest BCUT2D eigenvalue weighted by Crippen LogP contribution is -2.37. The van der Waals surface area contributed by atoms with Crippen LogP contribution in [0.5, 0.6) is 5.75 Å². The van der Waals surface area contributed by atoms with Gasteiger partial charge in [-0.1, -0.05) is 37.5 Å². The maximum Gasteiger partial charge on any atom is 0.123 e. The summed E-state index contributed by atoms with van der Waals surface area (Å²) in [6, 6.07) is 9.75. The van der Waals surface area contributed by atoms with E-state index in [0.717, 1.165) is 24.8 Å². The molecule has 1 saturated carbocycles. The van der Waals surface area contributed by atoms with Crippen LogP contribution >= 0.6 is 0 Å². The summed E-state index contributed by atoms with van der Waals surface area (Å²) in [6.45, 7) is 0. The third-order valence-electron chi connectivity index (χ3n) is 3.84. The van der Waals surface area contributed by atoms with Crippen LogP contribution in [0.15, 0.2) is 24.3 Å². The molecule has 1 aliphatic rings. The fourth-order valence-corrected chi connectivity index (χ4v) is 2.84. The van der Waals surface area contributed by atoms with Gasteiger partial charge in [-0.2, -0.15) is 5.26 Å². The molecule has 0 spiro atoms. The molecule has 1 N–H and O–H groups in total. The standard InChI is InChI=1S/C15H19NO2/c1-18-14-8-4-3-7-12(14)13(11-16)15(17)9-5-2-6-10-15/h3-4,7-8,13,17H,2,5-6,9-10H2,1H3. The summed E-state index contributed by atoms with van der Waals surface area (Å²) in [6.07, 6.45) is 4.52. The largest absolute Gasteiger partial charge is 0.496 e. The first kappa shape index (κ1) is 12.9. The zero-order valence-electron chi connectivity index (χ0n) is 10.7. The van der Waals surface area contributed by atoms with Crippen molar-refractivity contribution in [1.29, 1.82) is 5.26 Å². The Morgan fingerprint density at radius 1 is 1.28 bits per heavy atom. The van der Waals surface area contributed by atoms with Crippen LogP contribution < -0.4 is 4.74 Å². The average molecular weight is 245 g/mol. The number of hydrogen-bond donors (Lipinski definition) is 1. The predicted molar refractivity (Wildman–Crippen MR) is 69.4 cm³/mol. The molecule has 1 aromatic rings. The lowest BCUT2D eigenvalue weighted by atomic mass is 9.73. The van der Waals surface area contributed by atoms with Gasteiger partial charge in [0.1, 0.15) is 11.7 Å². The van der Waals surface area contributed by atoms with Crippen LogP contribution in [0, 0.1) is 11.3 Å². The molecule has 2 rings (SSSR count). The Morgan fingerprint density at radius 3 is 2.56 bits per heavy atom. The van der Waals surface area contributed by atoms with Crippen molar-refractivity contribution in [1.82, 2.24) is 0 Å². The Morgan fingerprint density at radius 2 is 1.94 bits per heavy atom. The Hall–Kier alpha value is -1.53. The second-order valence-corrected chi connectivity index (χ2v) is 4.97. The predicted octanol–water partition coefficient (Wildman–Crippen LogP) is 3.00. The van der Waals surface area contributed by atoms with Crippen molar-refractivity contribution in [3.8, 4) is 11.8 Å². The highest BCUT2D eigenvalue weighted by Gasteiger charge is 2.40. The molecule has 1 atom stereocenters. The van der Waals surface area contributed by atoms with Gasteiger partial charge in [0.2, 0.25) is 0 Å². The number of benzene rings is 1. The van der Waals surface area contributed by atoms with Gasteiger partial charge >= 0.3 is 0 Å². The molecule has 18 heavy (non-hydrogen) atoms. The van der Waals surface area contributed by atoms with Crippen LogP contribution in [-0.4, -0.2) is 17.8 Å². The van der Waals surface area contributed by atoms with Crippen LogP contribution in [0.1, 0.15) is 43.6 Å². The molecule has 3 nitrogen and oxygen atoms in total. The van der Waals surface area contributed by atoms with E-state index in [9.17, 15) is 10.4 Å². The Bertz CT molecular complexity index is 444. The highest BCUT2D eigenvalue weighted by Crippen LogP contribution is 2.42. The van der Waals surface area contributed by atoms with Gasteiger partial charge in [0.05, 0.1) is 18.8 Å². The van der Waals surface area contributed by atoms with Crippen molar-refractivity contribution < 1.29 is 9.84 Å². The molecule has 0 radical (unpaired) electrons. The fraction of sp³-hybridized carbons (Fsp3) is 0.533. The number of ether oxygens (including phenoxy) is 1. The van der Waals surface area contributed by atoms with Gasteiger partial charge in [0.25, 0.3) is 0 Å². The van der Waals surface area contributed by atoms with Crippen molar-refractivity contribution in [3.05, 3.63) is 29.8 Å². The quantitative estimate of drug-likeness (QED) is 0.890. The Kier molecular flexibility index (Phi) is 3.88. The van der Waals surface area contributed by atoms with Crippen LogP contribution in [0.2, 0.25) is 0 Å². The molecule has 0 saturated heterocycles. The number of rotatable bonds is 3. The van der Waals surface area contributed by atoms with Gasteiger partial charge in [-0.3, -0.25) is 0 Å². The number of nitriles is 1. The first-order valence-corrected chi connectivity index (χ1v) is 6.46. The summed E-state index contributed by atoms with van der Waals surface area (Å²) in [7, 11) is 1.60. The molecular formula is C15H19NO2. The molecule has 1 unspecified atom stereocenters. The Labute approximate surface area is 108 Å². The van der Waals surface area contributed by atoms with E-state index in [4.69, 9.17) is 4.74 Å². The molecule has 0 bridgehead atoms. The van der Waals surface area contributed by atoms with Crippen LogP contribution in [0.25, 0.3) is 0 Å². The van der Waals surface area contributed by atoms with E-state index < -0.39 is 11.5 Å². The minimum absolute atomic E-state index is 0.506. The van der Waals surface area contributed by atoms with Gasteiger partial charge in [-0.05, 0) is 18.9 Å². The van der Waals surface area contributed by atoms with E-state index in [-0.39, 0.29) is 0 Å². The number of para-hydroxylation sites is 1. The normalized spacial score (nSPS) is 19.8. The minimum Gasteiger partial charge on any atom is -0.496 e. The third-order valence-corrected chi connectivity index (χ3v) is 3.84. The molecule has 0 aliphatic heterocycles. The van der Waals surface area contributed by atoms with Gasteiger partial charge in [0, 0.05) is 5.56 Å². The van der Waals surface area contributed by atoms with E-state index >= 15 is 0 Å². The first-order chi connectivity index (χ1) is 8.71.